The molecular weight excluding hydrogens is 373 g/mol. The first kappa shape index (κ1) is 25.1. The molecular formula is C19H33Cl2N3O2. The molecule has 5 nitrogen and oxygen atoms in total. The lowest BCUT2D eigenvalue weighted by molar-refractivity contribution is -0.139. The van der Waals surface area contributed by atoms with Gasteiger partial charge in [-0.25, -0.2) is 0 Å². The summed E-state index contributed by atoms with van der Waals surface area (Å²) in [6, 6.07) is 9.86. The summed E-state index contributed by atoms with van der Waals surface area (Å²) in [6.07, 6.45) is 2.98. The van der Waals surface area contributed by atoms with Crippen molar-refractivity contribution < 1.29 is 9.53 Å². The number of benzene rings is 1. The molecule has 0 radical (unpaired) electrons. The van der Waals surface area contributed by atoms with Crippen LogP contribution in [0.2, 0.25) is 0 Å². The summed E-state index contributed by atoms with van der Waals surface area (Å²) in [6.45, 7) is 5.85. The second-order valence-electron chi connectivity index (χ2n) is 6.42. The van der Waals surface area contributed by atoms with Crippen molar-refractivity contribution >= 4 is 30.7 Å². The Kier molecular flexibility index (Phi) is 12.9. The fraction of sp³-hybridized carbons (Fsp3) is 0.632. The summed E-state index contributed by atoms with van der Waals surface area (Å²) in [5, 5.41) is 0. The van der Waals surface area contributed by atoms with Crippen LogP contribution in [0.25, 0.3) is 0 Å². The van der Waals surface area contributed by atoms with Crippen LogP contribution in [0.3, 0.4) is 0 Å². The van der Waals surface area contributed by atoms with Crippen molar-refractivity contribution in [3.63, 3.8) is 0 Å². The molecule has 2 rings (SSSR count). The second kappa shape index (κ2) is 13.3. The highest BCUT2D eigenvalue weighted by Crippen LogP contribution is 2.24. The van der Waals surface area contributed by atoms with Gasteiger partial charge in [0.2, 0.25) is 5.91 Å². The number of carbonyl (C=O) groups is 1. The molecule has 1 heterocycles. The van der Waals surface area contributed by atoms with E-state index in [-0.39, 0.29) is 42.9 Å². The molecule has 150 valence electrons. The van der Waals surface area contributed by atoms with Gasteiger partial charge in [-0.1, -0.05) is 37.3 Å². The van der Waals surface area contributed by atoms with Crippen LogP contribution in [0.15, 0.2) is 30.3 Å². The largest absolute Gasteiger partial charge is 0.378 e. The third-order valence-corrected chi connectivity index (χ3v) is 4.74. The fourth-order valence-corrected chi connectivity index (χ4v) is 3.15. The Labute approximate surface area is 170 Å². The molecule has 1 saturated heterocycles. The minimum atomic E-state index is -0.203. The molecule has 7 heteroatoms. The van der Waals surface area contributed by atoms with E-state index in [4.69, 9.17) is 10.5 Å². The van der Waals surface area contributed by atoms with E-state index < -0.39 is 0 Å². The smallest absolute Gasteiger partial charge is 0.244 e. The van der Waals surface area contributed by atoms with Gasteiger partial charge in [0.15, 0.2) is 0 Å². The lowest BCUT2D eigenvalue weighted by Gasteiger charge is -2.36. The van der Waals surface area contributed by atoms with Crippen LogP contribution in [0.1, 0.15) is 37.8 Å². The Morgan fingerprint density at radius 1 is 1.27 bits per heavy atom. The summed E-state index contributed by atoms with van der Waals surface area (Å²) < 4.78 is 5.84. The van der Waals surface area contributed by atoms with Gasteiger partial charge >= 0.3 is 0 Å². The quantitative estimate of drug-likeness (QED) is 0.675. The van der Waals surface area contributed by atoms with Gasteiger partial charge in [-0.3, -0.25) is 9.69 Å². The van der Waals surface area contributed by atoms with Crippen molar-refractivity contribution in [3.8, 4) is 0 Å². The molecule has 2 N–H and O–H groups in total. The number of ether oxygens (including phenoxy) is 1. The molecule has 1 aromatic carbocycles. The van der Waals surface area contributed by atoms with Crippen molar-refractivity contribution in [1.82, 2.24) is 9.80 Å². The number of halogens is 2. The van der Waals surface area contributed by atoms with E-state index in [9.17, 15) is 4.79 Å². The summed E-state index contributed by atoms with van der Waals surface area (Å²) in [5.74, 6) is 0.200. The number of carbonyl (C=O) groups excluding carboxylic acids is 1. The van der Waals surface area contributed by atoms with Gasteiger partial charge in [-0.05, 0) is 45.0 Å². The highest BCUT2D eigenvalue weighted by molar-refractivity contribution is 5.85. The molecule has 1 aliphatic rings. The monoisotopic (exact) mass is 405 g/mol. The number of likely N-dealkylation sites (N-methyl/N-ethyl adjacent to an activating group) is 1. The van der Waals surface area contributed by atoms with Crippen LogP contribution in [-0.4, -0.2) is 61.6 Å². The molecule has 1 amide bonds. The minimum Gasteiger partial charge on any atom is -0.378 e. The normalized spacial score (nSPS) is 15.9. The Morgan fingerprint density at radius 3 is 2.42 bits per heavy atom. The Balaban J connectivity index is 0.00000312. The third kappa shape index (κ3) is 7.05. The van der Waals surface area contributed by atoms with Crippen molar-refractivity contribution in [3.05, 3.63) is 35.9 Å². The molecule has 1 atom stereocenters. The van der Waals surface area contributed by atoms with Gasteiger partial charge in [0.05, 0.1) is 6.10 Å². The van der Waals surface area contributed by atoms with Crippen LogP contribution < -0.4 is 5.73 Å². The first-order chi connectivity index (χ1) is 11.7. The molecule has 1 fully saturated rings. The van der Waals surface area contributed by atoms with Crippen LogP contribution in [0, 0.1) is 0 Å². The number of piperidine rings is 1. The van der Waals surface area contributed by atoms with Crippen molar-refractivity contribution in [2.24, 2.45) is 5.73 Å². The summed E-state index contributed by atoms with van der Waals surface area (Å²) in [5.41, 5.74) is 6.56. The van der Waals surface area contributed by atoms with Crippen LogP contribution in [-0.2, 0) is 9.53 Å². The number of amides is 1. The first-order valence-corrected chi connectivity index (χ1v) is 9.03. The number of likely N-dealkylation sites (tertiary alicyclic amines) is 1. The van der Waals surface area contributed by atoms with E-state index >= 15 is 0 Å². The predicted octanol–water partition coefficient (Wildman–Crippen LogP) is 2.88. The van der Waals surface area contributed by atoms with Crippen molar-refractivity contribution in [1.29, 1.82) is 0 Å². The molecule has 0 spiro atoms. The van der Waals surface area contributed by atoms with Gasteiger partial charge in [0, 0.05) is 19.7 Å². The zero-order valence-electron chi connectivity index (χ0n) is 15.8. The van der Waals surface area contributed by atoms with Gasteiger partial charge in [0.1, 0.15) is 6.04 Å². The van der Waals surface area contributed by atoms with Crippen LogP contribution in [0.4, 0.5) is 0 Å². The first-order valence-electron chi connectivity index (χ1n) is 9.03. The molecule has 0 bridgehead atoms. The number of rotatable bonds is 8. The van der Waals surface area contributed by atoms with E-state index in [2.05, 4.69) is 11.8 Å². The molecule has 0 aromatic heterocycles. The van der Waals surface area contributed by atoms with E-state index in [1.54, 1.807) is 0 Å². The van der Waals surface area contributed by atoms with E-state index in [0.29, 0.717) is 6.54 Å². The molecule has 1 aliphatic heterocycles. The number of nitrogens with zero attached hydrogens (tertiary/aromatic N) is 2. The molecule has 26 heavy (non-hydrogen) atoms. The van der Waals surface area contributed by atoms with E-state index in [1.165, 1.54) is 0 Å². The Bertz CT molecular complexity index is 497. The number of nitrogens with two attached hydrogens (primary N) is 1. The summed E-state index contributed by atoms with van der Waals surface area (Å²) in [4.78, 5) is 17.2. The lowest BCUT2D eigenvalue weighted by Crippen LogP contribution is -2.46. The van der Waals surface area contributed by atoms with Crippen molar-refractivity contribution in [2.45, 2.75) is 38.3 Å². The number of hydrogen-bond donors (Lipinski definition) is 1. The van der Waals surface area contributed by atoms with Gasteiger partial charge in [-0.15, -0.1) is 24.8 Å². The lowest BCUT2D eigenvalue weighted by atomic mass is 10.0. The van der Waals surface area contributed by atoms with E-state index in [1.807, 2.05) is 42.3 Å². The highest BCUT2D eigenvalue weighted by atomic mass is 35.5. The number of hydrogen-bond acceptors (Lipinski definition) is 4. The minimum absolute atomic E-state index is 0. The van der Waals surface area contributed by atoms with Gasteiger partial charge < -0.3 is 15.4 Å². The Hall–Kier alpha value is -0.850. The second-order valence-corrected chi connectivity index (χ2v) is 6.42. The van der Waals surface area contributed by atoms with Gasteiger partial charge in [0.25, 0.3) is 0 Å². The third-order valence-electron chi connectivity index (χ3n) is 4.74. The van der Waals surface area contributed by atoms with Gasteiger partial charge in [-0.2, -0.15) is 0 Å². The maximum absolute atomic E-state index is 13.1. The van der Waals surface area contributed by atoms with Crippen molar-refractivity contribution in [2.75, 3.05) is 39.8 Å². The molecule has 0 saturated carbocycles. The van der Waals surface area contributed by atoms with E-state index in [0.717, 1.165) is 51.1 Å². The standard InChI is InChI=1S/C19H31N3O2.2ClH/c1-3-21(2)18(16-8-5-4-6-9-16)19(23)22-13-10-17(11-14-22)24-15-7-12-20;;/h4-6,8-9,17-18H,3,7,10-15,20H2,1-2H3;2*1H. The van der Waals surface area contributed by atoms with Crippen LogP contribution in [0.5, 0.6) is 0 Å². The maximum atomic E-state index is 13.1. The maximum Gasteiger partial charge on any atom is 0.244 e. The molecule has 1 unspecified atom stereocenters. The summed E-state index contributed by atoms with van der Waals surface area (Å²) >= 11 is 0. The zero-order valence-corrected chi connectivity index (χ0v) is 17.4. The molecule has 1 aromatic rings. The predicted molar refractivity (Wildman–Crippen MR) is 111 cm³/mol. The van der Waals surface area contributed by atoms with Crippen LogP contribution >= 0.6 is 24.8 Å². The zero-order chi connectivity index (χ0) is 17.4. The Morgan fingerprint density at radius 2 is 1.88 bits per heavy atom. The average molecular weight is 406 g/mol. The summed E-state index contributed by atoms with van der Waals surface area (Å²) in [7, 11) is 2.01. The molecule has 0 aliphatic carbocycles. The fourth-order valence-electron chi connectivity index (χ4n) is 3.15. The topological polar surface area (TPSA) is 58.8 Å². The average Bonchev–Trinajstić information content (AvgIpc) is 2.63. The highest BCUT2D eigenvalue weighted by Gasteiger charge is 2.31. The SMILES string of the molecule is CCN(C)C(C(=O)N1CCC(OCCCN)CC1)c1ccccc1.Cl.Cl.